The number of aromatic carboxylic acids is 1. The van der Waals surface area contributed by atoms with Crippen molar-refractivity contribution in [3.8, 4) is 11.3 Å². The van der Waals surface area contributed by atoms with Gasteiger partial charge in [0.25, 0.3) is 0 Å². The summed E-state index contributed by atoms with van der Waals surface area (Å²) in [7, 11) is 0. The summed E-state index contributed by atoms with van der Waals surface area (Å²) in [6, 6.07) is 2.52. The van der Waals surface area contributed by atoms with Gasteiger partial charge in [0.15, 0.2) is 5.69 Å². The SMILES string of the molecule is Cc1nc(C(=O)O)cc(-c2cncc(F)c2)n1. The molecule has 0 saturated heterocycles. The van der Waals surface area contributed by atoms with Gasteiger partial charge >= 0.3 is 5.97 Å². The van der Waals surface area contributed by atoms with Gasteiger partial charge in [-0.05, 0) is 19.1 Å². The highest BCUT2D eigenvalue weighted by Crippen LogP contribution is 2.17. The first-order chi connectivity index (χ1) is 8.06. The highest BCUT2D eigenvalue weighted by atomic mass is 19.1. The van der Waals surface area contributed by atoms with Crippen molar-refractivity contribution in [3.63, 3.8) is 0 Å². The molecule has 0 atom stereocenters. The van der Waals surface area contributed by atoms with E-state index < -0.39 is 11.8 Å². The topological polar surface area (TPSA) is 76.0 Å². The second-order valence-corrected chi connectivity index (χ2v) is 3.38. The van der Waals surface area contributed by atoms with Crippen LogP contribution in [0.3, 0.4) is 0 Å². The molecule has 0 bridgehead atoms. The lowest BCUT2D eigenvalue weighted by molar-refractivity contribution is 0.0690. The minimum absolute atomic E-state index is 0.128. The van der Waals surface area contributed by atoms with E-state index in [-0.39, 0.29) is 5.69 Å². The van der Waals surface area contributed by atoms with Crippen LogP contribution in [0.5, 0.6) is 0 Å². The van der Waals surface area contributed by atoms with Gasteiger partial charge in [0, 0.05) is 11.8 Å². The van der Waals surface area contributed by atoms with Crippen molar-refractivity contribution in [1.29, 1.82) is 0 Å². The number of hydrogen-bond donors (Lipinski definition) is 1. The highest BCUT2D eigenvalue weighted by molar-refractivity contribution is 5.86. The molecule has 0 aromatic carbocycles. The third-order valence-corrected chi connectivity index (χ3v) is 2.06. The number of halogens is 1. The average Bonchev–Trinajstić information content (AvgIpc) is 2.28. The second kappa shape index (κ2) is 4.25. The quantitative estimate of drug-likeness (QED) is 0.854. The third kappa shape index (κ3) is 2.41. The van der Waals surface area contributed by atoms with Crippen molar-refractivity contribution < 1.29 is 14.3 Å². The molecule has 0 unspecified atom stereocenters. The van der Waals surface area contributed by atoms with Crippen LogP contribution in [0.2, 0.25) is 0 Å². The van der Waals surface area contributed by atoms with Crippen LogP contribution in [0.25, 0.3) is 11.3 Å². The number of carboxylic acid groups (broad SMARTS) is 1. The maximum absolute atomic E-state index is 13.0. The minimum atomic E-state index is -1.15. The molecule has 2 aromatic rings. The molecular formula is C11H8FN3O2. The molecular weight excluding hydrogens is 225 g/mol. The molecule has 0 radical (unpaired) electrons. The van der Waals surface area contributed by atoms with E-state index in [2.05, 4.69) is 15.0 Å². The molecule has 1 N–H and O–H groups in total. The van der Waals surface area contributed by atoms with Gasteiger partial charge in [-0.3, -0.25) is 4.98 Å². The number of nitrogens with zero attached hydrogens (tertiary/aromatic N) is 3. The first-order valence-electron chi connectivity index (χ1n) is 4.76. The number of carbonyl (C=O) groups is 1. The Morgan fingerprint density at radius 2 is 2.06 bits per heavy atom. The Morgan fingerprint density at radius 1 is 1.29 bits per heavy atom. The summed E-state index contributed by atoms with van der Waals surface area (Å²) >= 11 is 0. The lowest BCUT2D eigenvalue weighted by atomic mass is 10.2. The first kappa shape index (κ1) is 11.1. The van der Waals surface area contributed by atoms with Crippen LogP contribution in [0.1, 0.15) is 16.3 Å². The van der Waals surface area contributed by atoms with E-state index in [0.29, 0.717) is 17.1 Å². The molecule has 6 heteroatoms. The monoisotopic (exact) mass is 233 g/mol. The summed E-state index contributed by atoms with van der Waals surface area (Å²) < 4.78 is 13.0. The Balaban J connectivity index is 2.56. The summed E-state index contributed by atoms with van der Waals surface area (Å²) in [4.78, 5) is 22.3. The van der Waals surface area contributed by atoms with E-state index in [9.17, 15) is 9.18 Å². The summed E-state index contributed by atoms with van der Waals surface area (Å²) in [5, 5.41) is 8.86. The fraction of sp³-hybridized carbons (Fsp3) is 0.0909. The van der Waals surface area contributed by atoms with Gasteiger partial charge in [-0.2, -0.15) is 0 Å². The number of aryl methyl sites for hydroxylation is 1. The number of rotatable bonds is 2. The van der Waals surface area contributed by atoms with Crippen LogP contribution in [0, 0.1) is 12.7 Å². The Labute approximate surface area is 96.0 Å². The zero-order valence-electron chi connectivity index (χ0n) is 8.88. The van der Waals surface area contributed by atoms with Gasteiger partial charge in [-0.1, -0.05) is 0 Å². The standard InChI is InChI=1S/C11H8FN3O2/c1-6-14-9(3-10(15-6)11(16)17)7-2-8(12)5-13-4-7/h2-5H,1H3,(H,16,17). The van der Waals surface area contributed by atoms with E-state index in [1.807, 2.05) is 0 Å². The van der Waals surface area contributed by atoms with E-state index in [4.69, 9.17) is 5.11 Å². The van der Waals surface area contributed by atoms with Crippen LogP contribution in [-0.2, 0) is 0 Å². The summed E-state index contributed by atoms with van der Waals surface area (Å²) in [5.41, 5.74) is 0.622. The normalized spacial score (nSPS) is 10.2. The zero-order chi connectivity index (χ0) is 12.4. The Bertz CT molecular complexity index is 587. The molecule has 2 rings (SSSR count). The average molecular weight is 233 g/mol. The molecule has 0 aliphatic carbocycles. The maximum Gasteiger partial charge on any atom is 0.354 e. The van der Waals surface area contributed by atoms with Gasteiger partial charge in [0.1, 0.15) is 11.6 Å². The van der Waals surface area contributed by atoms with Gasteiger partial charge in [-0.25, -0.2) is 19.2 Å². The van der Waals surface area contributed by atoms with Crippen molar-refractivity contribution in [3.05, 3.63) is 41.9 Å². The van der Waals surface area contributed by atoms with Crippen molar-refractivity contribution in [2.45, 2.75) is 6.92 Å². The Kier molecular flexibility index (Phi) is 2.78. The van der Waals surface area contributed by atoms with E-state index >= 15 is 0 Å². The van der Waals surface area contributed by atoms with Crippen LogP contribution < -0.4 is 0 Å². The first-order valence-corrected chi connectivity index (χ1v) is 4.76. The molecule has 5 nitrogen and oxygen atoms in total. The van der Waals surface area contributed by atoms with Gasteiger partial charge in [-0.15, -0.1) is 0 Å². The van der Waals surface area contributed by atoms with Gasteiger partial charge in [0.2, 0.25) is 0 Å². The van der Waals surface area contributed by atoms with Crippen molar-refractivity contribution in [2.75, 3.05) is 0 Å². The fourth-order valence-electron chi connectivity index (χ4n) is 1.38. The van der Waals surface area contributed by atoms with Crippen LogP contribution >= 0.6 is 0 Å². The van der Waals surface area contributed by atoms with Crippen LogP contribution in [0.4, 0.5) is 4.39 Å². The maximum atomic E-state index is 13.0. The molecule has 0 saturated carbocycles. The zero-order valence-corrected chi connectivity index (χ0v) is 8.88. The summed E-state index contributed by atoms with van der Waals surface area (Å²) in [6.45, 7) is 1.57. The van der Waals surface area contributed by atoms with Crippen LogP contribution in [0.15, 0.2) is 24.5 Å². The molecule has 17 heavy (non-hydrogen) atoms. The molecule has 2 heterocycles. The van der Waals surface area contributed by atoms with E-state index in [0.717, 1.165) is 6.20 Å². The molecule has 0 aliphatic heterocycles. The molecule has 0 spiro atoms. The predicted octanol–water partition coefficient (Wildman–Crippen LogP) is 1.68. The fourth-order valence-corrected chi connectivity index (χ4v) is 1.38. The second-order valence-electron chi connectivity index (χ2n) is 3.38. The number of hydrogen-bond acceptors (Lipinski definition) is 4. The molecule has 86 valence electrons. The van der Waals surface area contributed by atoms with E-state index in [1.54, 1.807) is 6.92 Å². The highest BCUT2D eigenvalue weighted by Gasteiger charge is 2.10. The minimum Gasteiger partial charge on any atom is -0.477 e. The Hall–Kier alpha value is -2.37. The lowest BCUT2D eigenvalue weighted by Crippen LogP contribution is -2.04. The lowest BCUT2D eigenvalue weighted by Gasteiger charge is -2.03. The van der Waals surface area contributed by atoms with Crippen molar-refractivity contribution in [1.82, 2.24) is 15.0 Å². The molecule has 0 fully saturated rings. The molecule has 0 aliphatic rings. The van der Waals surface area contributed by atoms with Crippen molar-refractivity contribution in [2.24, 2.45) is 0 Å². The summed E-state index contributed by atoms with van der Waals surface area (Å²) in [5.74, 6) is -1.35. The predicted molar refractivity (Wildman–Crippen MR) is 56.9 cm³/mol. The number of pyridine rings is 1. The third-order valence-electron chi connectivity index (χ3n) is 2.06. The number of carboxylic acids is 1. The smallest absolute Gasteiger partial charge is 0.354 e. The number of aromatic nitrogens is 3. The Morgan fingerprint density at radius 3 is 2.71 bits per heavy atom. The largest absolute Gasteiger partial charge is 0.477 e. The molecule has 0 amide bonds. The van der Waals surface area contributed by atoms with Gasteiger partial charge < -0.3 is 5.11 Å². The van der Waals surface area contributed by atoms with Crippen molar-refractivity contribution >= 4 is 5.97 Å². The van der Waals surface area contributed by atoms with E-state index in [1.165, 1.54) is 18.3 Å². The van der Waals surface area contributed by atoms with Gasteiger partial charge in [0.05, 0.1) is 11.9 Å². The molecule has 2 aromatic heterocycles. The van der Waals surface area contributed by atoms with Crippen LogP contribution in [-0.4, -0.2) is 26.0 Å². The summed E-state index contributed by atoms with van der Waals surface area (Å²) in [6.07, 6.45) is 2.48.